The Hall–Kier alpha value is -0.570. The molecule has 1 aliphatic rings. The van der Waals surface area contributed by atoms with Crippen molar-refractivity contribution in [2.24, 2.45) is 5.92 Å². The highest BCUT2D eigenvalue weighted by molar-refractivity contribution is 5.75. The molecule has 3 nitrogen and oxygen atoms in total. The van der Waals surface area contributed by atoms with Crippen molar-refractivity contribution in [2.75, 3.05) is 6.54 Å². The van der Waals surface area contributed by atoms with Crippen molar-refractivity contribution in [3.8, 4) is 0 Å². The van der Waals surface area contributed by atoms with Crippen LogP contribution in [0, 0.1) is 5.92 Å². The highest BCUT2D eigenvalue weighted by Gasteiger charge is 2.22. The normalized spacial score (nSPS) is 23.9. The molecule has 1 saturated heterocycles. The fourth-order valence-electron chi connectivity index (χ4n) is 2.22. The average molecular weight is 227 g/mol. The van der Waals surface area contributed by atoms with Crippen molar-refractivity contribution in [3.63, 3.8) is 0 Å². The van der Waals surface area contributed by atoms with Gasteiger partial charge in [-0.05, 0) is 38.6 Å². The maximum absolute atomic E-state index is 11.9. The average Bonchev–Trinajstić information content (AvgIpc) is 2.43. The molecule has 2 atom stereocenters. The van der Waals surface area contributed by atoms with E-state index in [1.165, 1.54) is 12.8 Å². The monoisotopic (exact) mass is 227 g/mol. The number of ether oxygens (including phenoxy) is 1. The summed E-state index contributed by atoms with van der Waals surface area (Å²) in [6.45, 7) is 7.22. The second-order valence-electron chi connectivity index (χ2n) is 5.23. The van der Waals surface area contributed by atoms with Gasteiger partial charge in [0.25, 0.3) is 0 Å². The molecule has 0 bridgehead atoms. The zero-order chi connectivity index (χ0) is 12.0. The molecule has 3 heteroatoms. The SMILES string of the molecule is CC(C)CC(C)OC(=O)C1CCCCCN1. The van der Waals surface area contributed by atoms with E-state index in [9.17, 15) is 4.79 Å². The Kier molecular flexibility index (Phi) is 5.81. The number of rotatable bonds is 4. The van der Waals surface area contributed by atoms with Gasteiger partial charge >= 0.3 is 5.97 Å². The largest absolute Gasteiger partial charge is 0.462 e. The van der Waals surface area contributed by atoms with Crippen molar-refractivity contribution in [1.82, 2.24) is 5.32 Å². The molecule has 0 saturated carbocycles. The number of esters is 1. The van der Waals surface area contributed by atoms with Crippen LogP contribution in [0.4, 0.5) is 0 Å². The molecule has 94 valence electrons. The van der Waals surface area contributed by atoms with E-state index in [0.29, 0.717) is 5.92 Å². The Morgan fingerprint density at radius 1 is 1.31 bits per heavy atom. The molecule has 0 aliphatic carbocycles. The van der Waals surface area contributed by atoms with Crippen LogP contribution in [0.15, 0.2) is 0 Å². The molecular weight excluding hydrogens is 202 g/mol. The van der Waals surface area contributed by atoms with Gasteiger partial charge in [0.2, 0.25) is 0 Å². The summed E-state index contributed by atoms with van der Waals surface area (Å²) in [7, 11) is 0. The first-order chi connectivity index (χ1) is 7.59. The van der Waals surface area contributed by atoms with Gasteiger partial charge < -0.3 is 10.1 Å². The molecule has 0 spiro atoms. The predicted octanol–water partition coefficient (Wildman–Crippen LogP) is 2.50. The summed E-state index contributed by atoms with van der Waals surface area (Å²) >= 11 is 0. The zero-order valence-corrected chi connectivity index (χ0v) is 10.8. The molecule has 16 heavy (non-hydrogen) atoms. The van der Waals surface area contributed by atoms with Crippen LogP contribution in [0.2, 0.25) is 0 Å². The zero-order valence-electron chi connectivity index (χ0n) is 10.8. The van der Waals surface area contributed by atoms with Crippen LogP contribution in [-0.4, -0.2) is 24.7 Å². The molecule has 1 rings (SSSR count). The lowest BCUT2D eigenvalue weighted by Crippen LogP contribution is -2.38. The molecule has 2 unspecified atom stereocenters. The second-order valence-corrected chi connectivity index (χ2v) is 5.23. The third-order valence-corrected chi connectivity index (χ3v) is 2.97. The highest BCUT2D eigenvalue weighted by atomic mass is 16.5. The Balaban J connectivity index is 2.32. The molecule has 0 aromatic heterocycles. The summed E-state index contributed by atoms with van der Waals surface area (Å²) < 4.78 is 5.45. The van der Waals surface area contributed by atoms with E-state index in [1.807, 2.05) is 6.92 Å². The summed E-state index contributed by atoms with van der Waals surface area (Å²) in [5, 5.41) is 3.27. The number of hydrogen-bond acceptors (Lipinski definition) is 3. The van der Waals surface area contributed by atoms with Crippen LogP contribution in [-0.2, 0) is 9.53 Å². The lowest BCUT2D eigenvalue weighted by atomic mass is 10.1. The quantitative estimate of drug-likeness (QED) is 0.750. The maximum atomic E-state index is 11.9. The van der Waals surface area contributed by atoms with Gasteiger partial charge in [0.15, 0.2) is 0 Å². The van der Waals surface area contributed by atoms with Crippen molar-refractivity contribution >= 4 is 5.97 Å². The van der Waals surface area contributed by atoms with Crippen LogP contribution < -0.4 is 5.32 Å². The topological polar surface area (TPSA) is 38.3 Å². The number of nitrogens with one attached hydrogen (secondary N) is 1. The Labute approximate surface area is 98.9 Å². The summed E-state index contributed by atoms with van der Waals surface area (Å²) in [6, 6.07) is -0.0721. The van der Waals surface area contributed by atoms with Gasteiger partial charge in [0.05, 0.1) is 6.10 Å². The summed E-state index contributed by atoms with van der Waals surface area (Å²) in [4.78, 5) is 11.9. The van der Waals surface area contributed by atoms with E-state index in [4.69, 9.17) is 4.74 Å². The van der Waals surface area contributed by atoms with E-state index in [-0.39, 0.29) is 18.1 Å². The molecule has 1 heterocycles. The van der Waals surface area contributed by atoms with E-state index in [2.05, 4.69) is 19.2 Å². The van der Waals surface area contributed by atoms with Crippen LogP contribution >= 0.6 is 0 Å². The fourth-order valence-corrected chi connectivity index (χ4v) is 2.22. The Bertz CT molecular complexity index is 208. The molecular formula is C13H25NO2. The van der Waals surface area contributed by atoms with Crippen molar-refractivity contribution in [3.05, 3.63) is 0 Å². The molecule has 0 radical (unpaired) electrons. The molecule has 1 N–H and O–H groups in total. The number of carbonyl (C=O) groups is 1. The van der Waals surface area contributed by atoms with Crippen molar-refractivity contribution in [2.45, 2.75) is 65.0 Å². The fraction of sp³-hybridized carbons (Fsp3) is 0.923. The van der Waals surface area contributed by atoms with E-state index < -0.39 is 0 Å². The van der Waals surface area contributed by atoms with Gasteiger partial charge in [-0.3, -0.25) is 4.79 Å². The van der Waals surface area contributed by atoms with Crippen LogP contribution in [0.25, 0.3) is 0 Å². The summed E-state index contributed by atoms with van der Waals surface area (Å²) in [6.07, 6.45) is 5.43. The van der Waals surface area contributed by atoms with Crippen LogP contribution in [0.3, 0.4) is 0 Å². The van der Waals surface area contributed by atoms with Crippen molar-refractivity contribution < 1.29 is 9.53 Å². The first-order valence-electron chi connectivity index (χ1n) is 6.53. The van der Waals surface area contributed by atoms with Crippen LogP contribution in [0.5, 0.6) is 0 Å². The minimum absolute atomic E-state index is 0.0394. The molecule has 0 aromatic carbocycles. The maximum Gasteiger partial charge on any atom is 0.323 e. The number of carbonyl (C=O) groups excluding carboxylic acids is 1. The first-order valence-corrected chi connectivity index (χ1v) is 6.53. The molecule has 0 aromatic rings. The van der Waals surface area contributed by atoms with Crippen LogP contribution in [0.1, 0.15) is 52.9 Å². The van der Waals surface area contributed by atoms with E-state index in [1.54, 1.807) is 0 Å². The Morgan fingerprint density at radius 2 is 2.06 bits per heavy atom. The van der Waals surface area contributed by atoms with E-state index >= 15 is 0 Å². The Morgan fingerprint density at radius 3 is 2.75 bits per heavy atom. The summed E-state index contributed by atoms with van der Waals surface area (Å²) in [5.74, 6) is 0.514. The summed E-state index contributed by atoms with van der Waals surface area (Å²) in [5.41, 5.74) is 0. The van der Waals surface area contributed by atoms with E-state index in [0.717, 1.165) is 25.8 Å². The third kappa shape index (κ3) is 4.97. The van der Waals surface area contributed by atoms with Gasteiger partial charge in [0, 0.05) is 0 Å². The first kappa shape index (κ1) is 13.5. The molecule has 1 fully saturated rings. The number of hydrogen-bond donors (Lipinski definition) is 1. The molecule has 1 aliphatic heterocycles. The van der Waals surface area contributed by atoms with Gasteiger partial charge in [-0.15, -0.1) is 0 Å². The minimum atomic E-state index is -0.0721. The van der Waals surface area contributed by atoms with Gasteiger partial charge in [-0.25, -0.2) is 0 Å². The predicted molar refractivity (Wildman–Crippen MR) is 65.3 cm³/mol. The van der Waals surface area contributed by atoms with Gasteiger partial charge in [-0.1, -0.05) is 26.7 Å². The van der Waals surface area contributed by atoms with Crippen molar-refractivity contribution in [1.29, 1.82) is 0 Å². The molecule has 0 amide bonds. The van der Waals surface area contributed by atoms with Gasteiger partial charge in [0.1, 0.15) is 6.04 Å². The highest BCUT2D eigenvalue weighted by Crippen LogP contribution is 2.13. The third-order valence-electron chi connectivity index (χ3n) is 2.97. The lowest BCUT2D eigenvalue weighted by molar-refractivity contribution is -0.151. The lowest BCUT2D eigenvalue weighted by Gasteiger charge is -2.20. The van der Waals surface area contributed by atoms with Gasteiger partial charge in [-0.2, -0.15) is 0 Å². The minimum Gasteiger partial charge on any atom is -0.462 e. The second kappa shape index (κ2) is 6.89. The smallest absolute Gasteiger partial charge is 0.323 e. The standard InChI is InChI=1S/C13H25NO2/c1-10(2)9-11(3)16-13(15)12-7-5-4-6-8-14-12/h10-12,14H,4-9H2,1-3H3.